The Balaban J connectivity index is 1.40. The molecule has 1 amide bonds. The van der Waals surface area contributed by atoms with Crippen LogP contribution in [0.2, 0.25) is 0 Å². The molecule has 0 N–H and O–H groups in total. The molecule has 0 radical (unpaired) electrons. The van der Waals surface area contributed by atoms with Crippen LogP contribution in [0.3, 0.4) is 0 Å². The van der Waals surface area contributed by atoms with Gasteiger partial charge in [0.25, 0.3) is 5.91 Å². The van der Waals surface area contributed by atoms with Crippen molar-refractivity contribution < 1.29 is 4.79 Å². The SMILES string of the molecule is CSc1ccccc1C(=O)N1CCN(Cc2cnc3ccccn23)CC1. The molecule has 0 unspecified atom stereocenters. The van der Waals surface area contributed by atoms with Gasteiger partial charge in [-0.05, 0) is 30.5 Å². The lowest BCUT2D eigenvalue weighted by molar-refractivity contribution is 0.0623. The predicted molar refractivity (Wildman–Crippen MR) is 105 cm³/mol. The second kappa shape index (κ2) is 7.51. The summed E-state index contributed by atoms with van der Waals surface area (Å²) in [4.78, 5) is 22.7. The molecule has 6 heteroatoms. The van der Waals surface area contributed by atoms with Crippen molar-refractivity contribution in [2.75, 3.05) is 32.4 Å². The Morgan fingerprint density at radius 3 is 2.65 bits per heavy atom. The molecule has 5 nitrogen and oxygen atoms in total. The number of carbonyl (C=O) groups excluding carboxylic acids is 1. The van der Waals surface area contributed by atoms with Gasteiger partial charge >= 0.3 is 0 Å². The van der Waals surface area contributed by atoms with Crippen molar-refractivity contribution in [3.63, 3.8) is 0 Å². The summed E-state index contributed by atoms with van der Waals surface area (Å²) in [5.74, 6) is 0.143. The van der Waals surface area contributed by atoms with Crippen LogP contribution in [0.5, 0.6) is 0 Å². The average molecular weight is 366 g/mol. The van der Waals surface area contributed by atoms with E-state index < -0.39 is 0 Å². The summed E-state index contributed by atoms with van der Waals surface area (Å²) in [6, 6.07) is 13.9. The van der Waals surface area contributed by atoms with Crippen LogP contribution in [0.4, 0.5) is 0 Å². The maximum Gasteiger partial charge on any atom is 0.255 e. The fraction of sp³-hybridized carbons (Fsp3) is 0.300. The van der Waals surface area contributed by atoms with Crippen molar-refractivity contribution in [2.24, 2.45) is 0 Å². The van der Waals surface area contributed by atoms with Crippen molar-refractivity contribution in [1.29, 1.82) is 0 Å². The van der Waals surface area contributed by atoms with Crippen LogP contribution >= 0.6 is 11.8 Å². The number of fused-ring (bicyclic) bond motifs is 1. The highest BCUT2D eigenvalue weighted by Crippen LogP contribution is 2.22. The summed E-state index contributed by atoms with van der Waals surface area (Å²) in [7, 11) is 0. The van der Waals surface area contributed by atoms with Crippen LogP contribution < -0.4 is 0 Å². The number of thioether (sulfide) groups is 1. The lowest BCUT2D eigenvalue weighted by Crippen LogP contribution is -2.48. The highest BCUT2D eigenvalue weighted by Gasteiger charge is 2.24. The van der Waals surface area contributed by atoms with Gasteiger partial charge in [0.05, 0.1) is 17.5 Å². The first-order chi connectivity index (χ1) is 12.8. The Hall–Kier alpha value is -2.31. The van der Waals surface area contributed by atoms with E-state index in [1.807, 2.05) is 59.8 Å². The second-order valence-electron chi connectivity index (χ2n) is 6.45. The Morgan fingerprint density at radius 1 is 1.08 bits per heavy atom. The molecule has 4 rings (SSSR count). The number of nitrogens with zero attached hydrogens (tertiary/aromatic N) is 4. The van der Waals surface area contributed by atoms with E-state index >= 15 is 0 Å². The van der Waals surface area contributed by atoms with Gasteiger partial charge in [0.2, 0.25) is 0 Å². The number of amides is 1. The minimum atomic E-state index is 0.143. The molecule has 0 bridgehead atoms. The smallest absolute Gasteiger partial charge is 0.255 e. The number of pyridine rings is 1. The lowest BCUT2D eigenvalue weighted by atomic mass is 10.1. The zero-order valence-corrected chi connectivity index (χ0v) is 15.7. The van der Waals surface area contributed by atoms with E-state index in [1.165, 1.54) is 5.69 Å². The Labute approximate surface area is 157 Å². The molecule has 0 saturated carbocycles. The van der Waals surface area contributed by atoms with Gasteiger partial charge in [-0.15, -0.1) is 11.8 Å². The maximum atomic E-state index is 12.9. The number of imidazole rings is 1. The van der Waals surface area contributed by atoms with Crippen molar-refractivity contribution in [3.05, 3.63) is 66.1 Å². The maximum absolute atomic E-state index is 12.9. The zero-order chi connectivity index (χ0) is 17.9. The van der Waals surface area contributed by atoms with Gasteiger partial charge in [-0.25, -0.2) is 4.98 Å². The monoisotopic (exact) mass is 366 g/mol. The van der Waals surface area contributed by atoms with Crippen molar-refractivity contribution in [2.45, 2.75) is 11.4 Å². The molecule has 0 spiro atoms. The summed E-state index contributed by atoms with van der Waals surface area (Å²) in [6.07, 6.45) is 6.01. The number of hydrogen-bond donors (Lipinski definition) is 0. The van der Waals surface area contributed by atoms with E-state index in [0.717, 1.165) is 48.8 Å². The van der Waals surface area contributed by atoms with E-state index in [9.17, 15) is 4.79 Å². The van der Waals surface area contributed by atoms with Gasteiger partial charge in [0.1, 0.15) is 5.65 Å². The Morgan fingerprint density at radius 2 is 1.85 bits per heavy atom. The molecule has 1 aliphatic heterocycles. The van der Waals surface area contributed by atoms with Gasteiger partial charge in [-0.1, -0.05) is 18.2 Å². The molecule has 1 saturated heterocycles. The normalized spacial score (nSPS) is 15.5. The average Bonchev–Trinajstić information content (AvgIpc) is 3.11. The first-order valence-electron chi connectivity index (χ1n) is 8.82. The minimum Gasteiger partial charge on any atom is -0.336 e. The molecule has 2 aromatic heterocycles. The summed E-state index contributed by atoms with van der Waals surface area (Å²) >= 11 is 1.62. The molecule has 26 heavy (non-hydrogen) atoms. The fourth-order valence-electron chi connectivity index (χ4n) is 3.43. The third-order valence-corrected chi connectivity index (χ3v) is 5.67. The molecule has 0 aliphatic carbocycles. The van der Waals surface area contributed by atoms with Gasteiger partial charge < -0.3 is 9.30 Å². The molecule has 3 heterocycles. The number of benzene rings is 1. The highest BCUT2D eigenvalue weighted by atomic mass is 32.2. The fourth-order valence-corrected chi connectivity index (χ4v) is 4.02. The second-order valence-corrected chi connectivity index (χ2v) is 7.30. The van der Waals surface area contributed by atoms with Crippen LogP contribution in [0.25, 0.3) is 5.65 Å². The summed E-state index contributed by atoms with van der Waals surface area (Å²) < 4.78 is 2.13. The minimum absolute atomic E-state index is 0.143. The molecular weight excluding hydrogens is 344 g/mol. The molecule has 134 valence electrons. The van der Waals surface area contributed by atoms with E-state index in [4.69, 9.17) is 0 Å². The summed E-state index contributed by atoms with van der Waals surface area (Å²) in [5.41, 5.74) is 2.98. The van der Waals surface area contributed by atoms with Gasteiger partial charge in [-0.3, -0.25) is 9.69 Å². The van der Waals surface area contributed by atoms with Crippen LogP contribution in [-0.4, -0.2) is 57.5 Å². The third-order valence-electron chi connectivity index (χ3n) is 4.88. The zero-order valence-electron chi connectivity index (χ0n) is 14.8. The van der Waals surface area contributed by atoms with Crippen LogP contribution in [0, 0.1) is 0 Å². The third kappa shape index (κ3) is 3.34. The first-order valence-corrected chi connectivity index (χ1v) is 10.0. The highest BCUT2D eigenvalue weighted by molar-refractivity contribution is 7.98. The van der Waals surface area contributed by atoms with E-state index in [1.54, 1.807) is 11.8 Å². The van der Waals surface area contributed by atoms with Crippen molar-refractivity contribution in [1.82, 2.24) is 19.2 Å². The lowest BCUT2D eigenvalue weighted by Gasteiger charge is -2.34. The Bertz CT molecular complexity index is 915. The largest absolute Gasteiger partial charge is 0.336 e. The molecule has 1 fully saturated rings. The predicted octanol–water partition coefficient (Wildman–Crippen LogP) is 3.01. The summed E-state index contributed by atoms with van der Waals surface area (Å²) in [6.45, 7) is 4.14. The van der Waals surface area contributed by atoms with Gasteiger partial charge in [0.15, 0.2) is 0 Å². The molecule has 1 aliphatic rings. The van der Waals surface area contributed by atoms with Gasteiger partial charge in [0, 0.05) is 43.8 Å². The quantitative estimate of drug-likeness (QED) is 0.666. The number of rotatable bonds is 4. The van der Waals surface area contributed by atoms with Gasteiger partial charge in [-0.2, -0.15) is 0 Å². The number of aromatic nitrogens is 2. The number of carbonyl (C=O) groups is 1. The van der Waals surface area contributed by atoms with E-state index in [-0.39, 0.29) is 5.91 Å². The van der Waals surface area contributed by atoms with E-state index in [2.05, 4.69) is 20.5 Å². The van der Waals surface area contributed by atoms with Crippen molar-refractivity contribution >= 4 is 23.3 Å². The summed E-state index contributed by atoms with van der Waals surface area (Å²) in [5, 5.41) is 0. The topological polar surface area (TPSA) is 40.9 Å². The standard InChI is InChI=1S/C20H22N4OS/c1-26-18-7-3-2-6-17(18)20(25)23-12-10-22(11-13-23)15-16-14-21-19-8-4-5-9-24(16)19/h2-9,14H,10-13,15H2,1H3. The molecular formula is C20H22N4OS. The van der Waals surface area contributed by atoms with Crippen LogP contribution in [0.15, 0.2) is 59.8 Å². The van der Waals surface area contributed by atoms with Crippen LogP contribution in [0.1, 0.15) is 16.1 Å². The van der Waals surface area contributed by atoms with Crippen LogP contribution in [-0.2, 0) is 6.54 Å². The Kier molecular flexibility index (Phi) is 4.95. The molecule has 0 atom stereocenters. The number of hydrogen-bond acceptors (Lipinski definition) is 4. The molecule has 1 aromatic carbocycles. The molecule has 3 aromatic rings. The first kappa shape index (κ1) is 17.1. The van der Waals surface area contributed by atoms with Crippen molar-refractivity contribution in [3.8, 4) is 0 Å². The van der Waals surface area contributed by atoms with E-state index in [0.29, 0.717) is 0 Å². The number of piperazine rings is 1.